The molecule has 0 bridgehead atoms. The standard InChI is InChI=1S/C12H23NO3/c1-2-11(12(14)15)9-13-6-3-10-4-7-16-8-5-10/h10-11,13H,2-9H2,1H3,(H,14,15). The van der Waals surface area contributed by atoms with E-state index in [1.807, 2.05) is 6.92 Å². The Morgan fingerprint density at radius 1 is 1.50 bits per heavy atom. The van der Waals surface area contributed by atoms with E-state index in [2.05, 4.69) is 5.32 Å². The predicted molar refractivity (Wildman–Crippen MR) is 62.4 cm³/mol. The minimum atomic E-state index is -0.693. The van der Waals surface area contributed by atoms with E-state index >= 15 is 0 Å². The minimum Gasteiger partial charge on any atom is -0.481 e. The summed E-state index contributed by atoms with van der Waals surface area (Å²) < 4.78 is 5.29. The van der Waals surface area contributed by atoms with Crippen LogP contribution in [0, 0.1) is 11.8 Å². The molecule has 1 aliphatic rings. The van der Waals surface area contributed by atoms with Gasteiger partial charge in [-0.15, -0.1) is 0 Å². The Morgan fingerprint density at radius 3 is 2.75 bits per heavy atom. The summed E-state index contributed by atoms with van der Waals surface area (Å²) in [6.45, 7) is 5.21. The third kappa shape index (κ3) is 4.94. The molecule has 0 amide bonds. The molecule has 0 aliphatic carbocycles. The molecule has 1 rings (SSSR count). The second-order valence-corrected chi connectivity index (χ2v) is 4.49. The molecular formula is C12H23NO3. The van der Waals surface area contributed by atoms with Gasteiger partial charge in [0.1, 0.15) is 0 Å². The first-order valence-electron chi connectivity index (χ1n) is 6.25. The van der Waals surface area contributed by atoms with Crippen molar-refractivity contribution >= 4 is 5.97 Å². The summed E-state index contributed by atoms with van der Waals surface area (Å²) in [6.07, 6.45) is 4.13. The summed E-state index contributed by atoms with van der Waals surface area (Å²) in [7, 11) is 0. The van der Waals surface area contributed by atoms with Gasteiger partial charge in [-0.05, 0) is 38.1 Å². The summed E-state index contributed by atoms with van der Waals surface area (Å²) in [5.41, 5.74) is 0. The number of rotatable bonds is 7. The Hall–Kier alpha value is -0.610. The van der Waals surface area contributed by atoms with Crippen LogP contribution in [-0.4, -0.2) is 37.4 Å². The number of aliphatic carboxylic acids is 1. The van der Waals surface area contributed by atoms with Crippen molar-refractivity contribution in [2.45, 2.75) is 32.6 Å². The molecule has 1 saturated heterocycles. The van der Waals surface area contributed by atoms with Crippen LogP contribution in [0.5, 0.6) is 0 Å². The number of nitrogens with one attached hydrogen (secondary N) is 1. The van der Waals surface area contributed by atoms with Crippen molar-refractivity contribution in [2.24, 2.45) is 11.8 Å². The van der Waals surface area contributed by atoms with Gasteiger partial charge in [0, 0.05) is 19.8 Å². The Kier molecular flexibility index (Phi) is 6.42. The molecule has 0 saturated carbocycles. The van der Waals surface area contributed by atoms with Crippen LogP contribution in [0.4, 0.5) is 0 Å². The number of carboxylic acids is 1. The van der Waals surface area contributed by atoms with Gasteiger partial charge in [-0.25, -0.2) is 0 Å². The van der Waals surface area contributed by atoms with Gasteiger partial charge in [0.15, 0.2) is 0 Å². The fourth-order valence-corrected chi connectivity index (χ4v) is 2.02. The van der Waals surface area contributed by atoms with Gasteiger partial charge in [0.2, 0.25) is 0 Å². The maximum Gasteiger partial charge on any atom is 0.307 e. The smallest absolute Gasteiger partial charge is 0.307 e. The number of carbonyl (C=O) groups is 1. The molecule has 4 nitrogen and oxygen atoms in total. The fraction of sp³-hybridized carbons (Fsp3) is 0.917. The highest BCUT2D eigenvalue weighted by Crippen LogP contribution is 2.17. The normalized spacial score (nSPS) is 19.6. The molecule has 0 radical (unpaired) electrons. The average Bonchev–Trinajstić information content (AvgIpc) is 2.30. The van der Waals surface area contributed by atoms with Crippen LogP contribution in [0.2, 0.25) is 0 Å². The van der Waals surface area contributed by atoms with Crippen LogP contribution in [-0.2, 0) is 9.53 Å². The molecule has 0 aromatic carbocycles. The van der Waals surface area contributed by atoms with Crippen LogP contribution in [0.15, 0.2) is 0 Å². The van der Waals surface area contributed by atoms with E-state index in [0.29, 0.717) is 13.0 Å². The summed E-state index contributed by atoms with van der Waals surface area (Å²) in [5.74, 6) is -0.179. The molecule has 2 N–H and O–H groups in total. The molecule has 0 aromatic rings. The van der Waals surface area contributed by atoms with Crippen molar-refractivity contribution in [1.82, 2.24) is 5.32 Å². The monoisotopic (exact) mass is 229 g/mol. The maximum absolute atomic E-state index is 10.8. The van der Waals surface area contributed by atoms with Crippen molar-refractivity contribution in [3.05, 3.63) is 0 Å². The lowest BCUT2D eigenvalue weighted by Crippen LogP contribution is -2.30. The molecule has 1 heterocycles. The summed E-state index contributed by atoms with van der Waals surface area (Å²) >= 11 is 0. The number of ether oxygens (including phenoxy) is 1. The van der Waals surface area contributed by atoms with Crippen LogP contribution in [0.3, 0.4) is 0 Å². The Morgan fingerprint density at radius 2 is 2.19 bits per heavy atom. The van der Waals surface area contributed by atoms with Gasteiger partial charge < -0.3 is 15.2 Å². The third-order valence-corrected chi connectivity index (χ3v) is 3.30. The SMILES string of the molecule is CCC(CNCCC1CCOCC1)C(=O)O. The van der Waals surface area contributed by atoms with E-state index in [0.717, 1.165) is 44.9 Å². The second-order valence-electron chi connectivity index (χ2n) is 4.49. The Bertz CT molecular complexity index is 202. The largest absolute Gasteiger partial charge is 0.481 e. The maximum atomic E-state index is 10.8. The highest BCUT2D eigenvalue weighted by atomic mass is 16.5. The third-order valence-electron chi connectivity index (χ3n) is 3.30. The first kappa shape index (κ1) is 13.5. The molecule has 0 spiro atoms. The molecule has 1 fully saturated rings. The lowest BCUT2D eigenvalue weighted by Gasteiger charge is -2.22. The molecule has 1 unspecified atom stereocenters. The van der Waals surface area contributed by atoms with Crippen molar-refractivity contribution in [3.8, 4) is 0 Å². The number of hydrogen-bond donors (Lipinski definition) is 2. The van der Waals surface area contributed by atoms with E-state index in [-0.39, 0.29) is 5.92 Å². The summed E-state index contributed by atoms with van der Waals surface area (Å²) in [5, 5.41) is 12.1. The van der Waals surface area contributed by atoms with E-state index in [4.69, 9.17) is 9.84 Å². The molecule has 16 heavy (non-hydrogen) atoms. The zero-order valence-corrected chi connectivity index (χ0v) is 10.1. The first-order valence-corrected chi connectivity index (χ1v) is 6.25. The van der Waals surface area contributed by atoms with E-state index in [1.54, 1.807) is 0 Å². The van der Waals surface area contributed by atoms with Crippen molar-refractivity contribution in [1.29, 1.82) is 0 Å². The highest BCUT2D eigenvalue weighted by Gasteiger charge is 2.15. The van der Waals surface area contributed by atoms with Crippen LogP contribution in [0.1, 0.15) is 32.6 Å². The van der Waals surface area contributed by atoms with Gasteiger partial charge in [-0.1, -0.05) is 6.92 Å². The van der Waals surface area contributed by atoms with E-state index in [9.17, 15) is 4.79 Å². The number of hydrogen-bond acceptors (Lipinski definition) is 3. The quantitative estimate of drug-likeness (QED) is 0.650. The summed E-state index contributed by atoms with van der Waals surface area (Å²) in [6, 6.07) is 0. The van der Waals surface area contributed by atoms with Crippen molar-refractivity contribution in [2.75, 3.05) is 26.3 Å². The van der Waals surface area contributed by atoms with Gasteiger partial charge in [-0.2, -0.15) is 0 Å². The lowest BCUT2D eigenvalue weighted by atomic mass is 9.96. The Labute approximate surface area is 97.4 Å². The van der Waals surface area contributed by atoms with Crippen molar-refractivity contribution in [3.63, 3.8) is 0 Å². The van der Waals surface area contributed by atoms with Crippen LogP contribution >= 0.6 is 0 Å². The van der Waals surface area contributed by atoms with Gasteiger partial charge >= 0.3 is 5.97 Å². The number of carboxylic acid groups (broad SMARTS) is 1. The minimum absolute atomic E-state index is 0.241. The molecule has 0 aromatic heterocycles. The topological polar surface area (TPSA) is 58.6 Å². The molecule has 94 valence electrons. The first-order chi connectivity index (χ1) is 7.74. The fourth-order valence-electron chi connectivity index (χ4n) is 2.02. The second kappa shape index (κ2) is 7.63. The van der Waals surface area contributed by atoms with Gasteiger partial charge in [-0.3, -0.25) is 4.79 Å². The average molecular weight is 229 g/mol. The summed E-state index contributed by atoms with van der Waals surface area (Å²) in [4.78, 5) is 10.8. The van der Waals surface area contributed by atoms with Crippen LogP contribution < -0.4 is 5.32 Å². The van der Waals surface area contributed by atoms with E-state index in [1.165, 1.54) is 0 Å². The molecule has 1 aliphatic heterocycles. The van der Waals surface area contributed by atoms with Crippen molar-refractivity contribution < 1.29 is 14.6 Å². The zero-order chi connectivity index (χ0) is 11.8. The lowest BCUT2D eigenvalue weighted by molar-refractivity contribution is -0.141. The van der Waals surface area contributed by atoms with Gasteiger partial charge in [0.05, 0.1) is 5.92 Å². The van der Waals surface area contributed by atoms with Gasteiger partial charge in [0.25, 0.3) is 0 Å². The highest BCUT2D eigenvalue weighted by molar-refractivity contribution is 5.70. The Balaban J connectivity index is 2.03. The molecular weight excluding hydrogens is 206 g/mol. The molecule has 4 heteroatoms. The van der Waals surface area contributed by atoms with Crippen LogP contribution in [0.25, 0.3) is 0 Å². The van der Waals surface area contributed by atoms with E-state index < -0.39 is 5.97 Å². The predicted octanol–water partition coefficient (Wildman–Crippen LogP) is 1.50. The molecule has 1 atom stereocenters. The zero-order valence-electron chi connectivity index (χ0n) is 10.1.